The van der Waals surface area contributed by atoms with Crippen molar-refractivity contribution in [3.63, 3.8) is 0 Å². The minimum Gasteiger partial charge on any atom is -0.353 e. The monoisotopic (exact) mass is 1160 g/mol. The molecule has 9 amide bonds. The van der Waals surface area contributed by atoms with Gasteiger partial charge in [0.05, 0.1) is 5.75 Å². The Labute approximate surface area is 493 Å². The summed E-state index contributed by atoms with van der Waals surface area (Å²) in [6.07, 6.45) is 1.32. The number of carbonyl (C=O) groups is 9. The number of carbonyl (C=O) groups excluding carboxylic acids is 9. The van der Waals surface area contributed by atoms with Gasteiger partial charge in [-0.25, -0.2) is 0 Å². The first-order chi connectivity index (χ1) is 39.5. The van der Waals surface area contributed by atoms with Gasteiger partial charge in [0.25, 0.3) is 0 Å². The Bertz CT molecular complexity index is 2900. The quantitative estimate of drug-likeness (QED) is 0.0972. The van der Waals surface area contributed by atoms with Gasteiger partial charge >= 0.3 is 0 Å². The van der Waals surface area contributed by atoms with Crippen molar-refractivity contribution in [1.29, 1.82) is 0 Å². The highest BCUT2D eigenvalue weighted by atomic mass is 32.2. The molecule has 6 rings (SSSR count). The van der Waals surface area contributed by atoms with Crippen LogP contribution in [0.25, 0.3) is 10.8 Å². The summed E-state index contributed by atoms with van der Waals surface area (Å²) in [5, 5.41) is 22.3. The van der Waals surface area contributed by atoms with Crippen molar-refractivity contribution in [1.82, 2.24) is 47.0 Å². The van der Waals surface area contributed by atoms with Crippen LogP contribution in [0, 0.1) is 23.7 Å². The lowest BCUT2D eigenvalue weighted by molar-refractivity contribution is -0.148. The first-order valence-electron chi connectivity index (χ1n) is 29.3. The molecule has 7 N–H and O–H groups in total. The van der Waals surface area contributed by atoms with Crippen LogP contribution in [-0.2, 0) is 62.4 Å². The van der Waals surface area contributed by atoms with E-state index in [0.29, 0.717) is 12.2 Å². The molecular formula is C64H87N9O9S. The van der Waals surface area contributed by atoms with Crippen molar-refractivity contribution in [2.24, 2.45) is 23.7 Å². The number of likely N-dealkylation sites (N-methyl/N-ethyl adjacent to an activating group) is 1. The molecule has 18 nitrogen and oxygen atoms in total. The van der Waals surface area contributed by atoms with E-state index in [-0.39, 0.29) is 69.2 Å². The zero-order valence-electron chi connectivity index (χ0n) is 49.9. The molecular weight excluding hydrogens is 1070 g/mol. The number of nitrogens with zero attached hydrogens (tertiary/aromatic N) is 2. The van der Waals surface area contributed by atoms with Gasteiger partial charge in [0.15, 0.2) is 0 Å². The van der Waals surface area contributed by atoms with Crippen LogP contribution in [0.1, 0.15) is 105 Å². The lowest BCUT2D eigenvalue weighted by Gasteiger charge is -2.38. The SMILES string of the molecule is CC(C)C[C@@H]1NC(=O)[C@H](C(C)C)NC(=O)[C@]2(C)CCCN2C(=O)[C@H](C(C)C)NC(=O)[C@H](Cc2ccccc2)NC(=O)CSCCNC(=O)[C@H](Cc2ccccc2)N(C)C(=O)[C@H](CC(C)C)NC(=O)[C@H](Cc2cccc3ccccc23)NC1=O. The minimum atomic E-state index is -1.44. The van der Waals surface area contributed by atoms with E-state index in [2.05, 4.69) is 37.2 Å². The average molecular weight is 1160 g/mol. The van der Waals surface area contributed by atoms with Crippen molar-refractivity contribution in [3.05, 3.63) is 120 Å². The van der Waals surface area contributed by atoms with Crippen molar-refractivity contribution >= 4 is 75.7 Å². The Morgan fingerprint density at radius 2 is 1.08 bits per heavy atom. The van der Waals surface area contributed by atoms with Crippen LogP contribution in [0.4, 0.5) is 0 Å². The summed E-state index contributed by atoms with van der Waals surface area (Å²) in [4.78, 5) is 134. The third kappa shape index (κ3) is 17.9. The maximum atomic E-state index is 15.1. The van der Waals surface area contributed by atoms with Crippen molar-refractivity contribution < 1.29 is 43.2 Å². The molecule has 19 heteroatoms. The number of fused-ring (bicyclic) bond motifs is 2. The molecule has 2 fully saturated rings. The standard InChI is InChI=1S/C64H87N9O9S/c1-39(2)33-48-56(75)67-50(37-46-27-19-26-45-25-17-18-28-47(45)46)57(76)69-51(34-40(3)4)61(80)72(10)52(36-44-23-15-12-16-24-44)59(78)65-30-32-83-38-53(74)66-49(35-43-21-13-11-14-22-43)58(77)70-55(42(7)8)62(81)73-31-20-29-64(73,9)63(82)71-54(41(5)6)60(79)68-48/h11-19,21-28,39-42,48-52,54-55H,20,29-38H2,1-10H3,(H,65,78)(H,66,74)(H,67,75)(H,68,79)(H,69,76)(H,70,77)(H,71,82)/t48-,49-,50-,51-,52-,54-,55-,64-/m0/s1. The maximum Gasteiger partial charge on any atom is 0.246 e. The van der Waals surface area contributed by atoms with Crippen molar-refractivity contribution in [2.45, 2.75) is 155 Å². The summed E-state index contributed by atoms with van der Waals surface area (Å²) in [6.45, 7) is 16.7. The second kappa shape index (κ2) is 30.3. The predicted octanol–water partition coefficient (Wildman–Crippen LogP) is 5.25. The van der Waals surface area contributed by atoms with E-state index in [9.17, 15) is 38.4 Å². The Balaban J connectivity index is 1.38. The Morgan fingerprint density at radius 1 is 0.542 bits per heavy atom. The summed E-state index contributed by atoms with van der Waals surface area (Å²) < 4.78 is 0. The lowest BCUT2D eigenvalue weighted by Crippen LogP contribution is -2.64. The molecule has 0 saturated carbocycles. The molecule has 2 aliphatic heterocycles. The molecule has 0 unspecified atom stereocenters. The van der Waals surface area contributed by atoms with Crippen molar-refractivity contribution in [2.75, 3.05) is 31.6 Å². The van der Waals surface area contributed by atoms with Gasteiger partial charge in [0.2, 0.25) is 53.2 Å². The predicted molar refractivity (Wildman–Crippen MR) is 324 cm³/mol. The van der Waals surface area contributed by atoms with Gasteiger partial charge in [0, 0.05) is 45.2 Å². The molecule has 2 heterocycles. The van der Waals surface area contributed by atoms with Crippen molar-refractivity contribution in [3.8, 4) is 0 Å². The van der Waals surface area contributed by atoms with E-state index in [4.69, 9.17) is 0 Å². The molecule has 0 aromatic heterocycles. The molecule has 2 saturated heterocycles. The largest absolute Gasteiger partial charge is 0.353 e. The molecule has 2 aliphatic rings. The number of benzene rings is 4. The van der Waals surface area contributed by atoms with Gasteiger partial charge < -0.3 is 47.0 Å². The van der Waals surface area contributed by atoms with E-state index in [1.165, 1.54) is 28.6 Å². The van der Waals surface area contributed by atoms with Crippen LogP contribution < -0.4 is 37.2 Å². The van der Waals surface area contributed by atoms with E-state index >= 15 is 4.79 Å². The Kier molecular flexibility index (Phi) is 23.7. The normalized spacial score (nSPS) is 24.9. The first-order valence-corrected chi connectivity index (χ1v) is 30.4. The molecule has 83 heavy (non-hydrogen) atoms. The number of amides is 9. The number of nitrogens with one attached hydrogen (secondary N) is 7. The molecule has 8 atom stereocenters. The molecule has 0 spiro atoms. The highest BCUT2D eigenvalue weighted by Gasteiger charge is 2.49. The van der Waals surface area contributed by atoms with Crippen LogP contribution >= 0.6 is 11.8 Å². The molecule has 4 aromatic carbocycles. The van der Waals surface area contributed by atoms with Gasteiger partial charge in [-0.2, -0.15) is 11.8 Å². The molecule has 0 radical (unpaired) electrons. The topological polar surface area (TPSA) is 244 Å². The highest BCUT2D eigenvalue weighted by molar-refractivity contribution is 7.99. The van der Waals surface area contributed by atoms with E-state index in [0.717, 1.165) is 27.5 Å². The summed E-state index contributed by atoms with van der Waals surface area (Å²) in [5.74, 6) is -6.03. The Morgan fingerprint density at radius 3 is 1.72 bits per heavy atom. The zero-order valence-corrected chi connectivity index (χ0v) is 50.7. The lowest BCUT2D eigenvalue weighted by atomic mass is 9.93. The average Bonchev–Trinajstić information content (AvgIpc) is 4.08. The zero-order chi connectivity index (χ0) is 60.5. The highest BCUT2D eigenvalue weighted by Crippen LogP contribution is 2.32. The molecule has 448 valence electrons. The fourth-order valence-electron chi connectivity index (χ4n) is 10.9. The molecule has 0 aliphatic carbocycles. The maximum absolute atomic E-state index is 15.1. The second-order valence-electron chi connectivity index (χ2n) is 23.9. The fourth-order valence-corrected chi connectivity index (χ4v) is 11.5. The number of hydrogen-bond donors (Lipinski definition) is 7. The Hall–Kier alpha value is -7.28. The second-order valence-corrected chi connectivity index (χ2v) is 25.0. The van der Waals surface area contributed by atoms with Crippen LogP contribution in [-0.4, -0.2) is 142 Å². The fraction of sp³-hybridized carbons (Fsp3) is 0.516. The summed E-state index contributed by atoms with van der Waals surface area (Å²) in [7, 11) is 1.53. The van der Waals surface area contributed by atoms with Gasteiger partial charge in [-0.05, 0) is 83.7 Å². The van der Waals surface area contributed by atoms with E-state index in [1.54, 1.807) is 34.6 Å². The van der Waals surface area contributed by atoms with Gasteiger partial charge in [0.1, 0.15) is 47.8 Å². The first kappa shape index (κ1) is 64.9. The summed E-state index contributed by atoms with van der Waals surface area (Å²) >= 11 is 1.24. The van der Waals surface area contributed by atoms with E-state index in [1.807, 2.05) is 131 Å². The number of rotatable bonds is 12. The minimum absolute atomic E-state index is 0.00645. The number of thioether (sulfide) groups is 1. The van der Waals surface area contributed by atoms with Gasteiger partial charge in [-0.1, -0.05) is 159 Å². The van der Waals surface area contributed by atoms with Gasteiger partial charge in [-0.3, -0.25) is 43.2 Å². The molecule has 0 bridgehead atoms. The molecule has 4 aromatic rings. The van der Waals surface area contributed by atoms with E-state index < -0.39 is 113 Å². The van der Waals surface area contributed by atoms with Gasteiger partial charge in [-0.15, -0.1) is 0 Å². The van der Waals surface area contributed by atoms with Crippen LogP contribution in [0.15, 0.2) is 103 Å². The third-order valence-electron chi connectivity index (χ3n) is 15.6. The smallest absolute Gasteiger partial charge is 0.246 e. The van der Waals surface area contributed by atoms with Crippen LogP contribution in [0.5, 0.6) is 0 Å². The third-order valence-corrected chi connectivity index (χ3v) is 16.5. The van der Waals surface area contributed by atoms with Crippen LogP contribution in [0.2, 0.25) is 0 Å². The summed E-state index contributed by atoms with van der Waals surface area (Å²) in [6, 6.07) is 23.8. The summed E-state index contributed by atoms with van der Waals surface area (Å²) in [5.41, 5.74) is 0.859. The van der Waals surface area contributed by atoms with Crippen LogP contribution in [0.3, 0.4) is 0 Å². The number of hydrogen-bond acceptors (Lipinski definition) is 10.